The molecule has 0 saturated heterocycles. The molecule has 0 amide bonds. The van der Waals surface area contributed by atoms with Gasteiger partial charge in [0.2, 0.25) is 0 Å². The number of carboxylic acids is 1. The fraction of sp³-hybridized carbons (Fsp3) is 0.308. The first-order valence-electron chi connectivity index (χ1n) is 5.46. The Morgan fingerprint density at radius 3 is 2.88 bits per heavy atom. The predicted octanol–water partition coefficient (Wildman–Crippen LogP) is 2.92. The average Bonchev–Trinajstić information content (AvgIpc) is 2.64. The van der Waals surface area contributed by atoms with Crippen LogP contribution in [-0.2, 0) is 18.3 Å². The summed E-state index contributed by atoms with van der Waals surface area (Å²) in [5, 5.41) is 9.97. The van der Waals surface area contributed by atoms with E-state index in [2.05, 4.69) is 16.7 Å². The first kappa shape index (κ1) is 12.0. The lowest BCUT2D eigenvalue weighted by atomic mass is 10.1. The maximum absolute atomic E-state index is 10.7. The molecule has 0 unspecified atom stereocenters. The summed E-state index contributed by atoms with van der Waals surface area (Å²) in [6.07, 6.45) is 4.85. The number of hydrogen-bond donors (Lipinski definition) is 1. The Hall–Kier alpha value is -1.42. The van der Waals surface area contributed by atoms with Crippen molar-refractivity contribution in [2.45, 2.75) is 17.7 Å². The molecule has 0 spiro atoms. The van der Waals surface area contributed by atoms with E-state index in [0.717, 1.165) is 11.1 Å². The van der Waals surface area contributed by atoms with Crippen LogP contribution >= 0.6 is 11.8 Å². The van der Waals surface area contributed by atoms with Crippen molar-refractivity contribution in [1.29, 1.82) is 0 Å². The number of rotatable bonds is 4. The van der Waals surface area contributed by atoms with E-state index in [9.17, 15) is 4.79 Å². The second kappa shape index (κ2) is 4.84. The van der Waals surface area contributed by atoms with Crippen molar-refractivity contribution in [1.82, 2.24) is 4.57 Å². The van der Waals surface area contributed by atoms with E-state index in [0.29, 0.717) is 6.42 Å². The molecule has 90 valence electrons. The smallest absolute Gasteiger partial charge is 0.303 e. The van der Waals surface area contributed by atoms with Crippen molar-refractivity contribution < 1.29 is 9.90 Å². The lowest BCUT2D eigenvalue weighted by Gasteiger charge is -2.02. The van der Waals surface area contributed by atoms with Gasteiger partial charge in [0.1, 0.15) is 0 Å². The van der Waals surface area contributed by atoms with Crippen molar-refractivity contribution in [2.24, 2.45) is 7.05 Å². The van der Waals surface area contributed by atoms with Crippen molar-refractivity contribution in [3.8, 4) is 0 Å². The topological polar surface area (TPSA) is 42.2 Å². The molecular formula is C13H15NO2S. The zero-order chi connectivity index (χ0) is 12.4. The van der Waals surface area contributed by atoms with Gasteiger partial charge in [-0.25, -0.2) is 0 Å². The molecular weight excluding hydrogens is 234 g/mol. The Morgan fingerprint density at radius 2 is 2.24 bits per heavy atom. The lowest BCUT2D eigenvalue weighted by molar-refractivity contribution is -0.136. The van der Waals surface area contributed by atoms with Gasteiger partial charge in [0.15, 0.2) is 0 Å². The number of fused-ring (bicyclic) bond motifs is 1. The molecule has 0 fully saturated rings. The molecule has 1 heterocycles. The van der Waals surface area contributed by atoms with Gasteiger partial charge in [-0.2, -0.15) is 0 Å². The summed E-state index contributed by atoms with van der Waals surface area (Å²) in [6, 6.07) is 6.19. The fourth-order valence-electron chi connectivity index (χ4n) is 2.11. The van der Waals surface area contributed by atoms with Crippen LogP contribution in [0.15, 0.2) is 29.3 Å². The van der Waals surface area contributed by atoms with Crippen LogP contribution in [0.1, 0.15) is 12.0 Å². The van der Waals surface area contributed by atoms with Gasteiger partial charge in [0, 0.05) is 35.5 Å². The Kier molecular flexibility index (Phi) is 3.43. The summed E-state index contributed by atoms with van der Waals surface area (Å²) in [6.45, 7) is 0. The number of aromatic nitrogens is 1. The summed E-state index contributed by atoms with van der Waals surface area (Å²) < 4.78 is 2.06. The van der Waals surface area contributed by atoms with Crippen LogP contribution in [0.2, 0.25) is 0 Å². The molecule has 2 aromatic rings. The summed E-state index contributed by atoms with van der Waals surface area (Å²) in [5.41, 5.74) is 2.28. The van der Waals surface area contributed by atoms with E-state index in [-0.39, 0.29) is 6.42 Å². The van der Waals surface area contributed by atoms with E-state index in [1.807, 2.05) is 25.6 Å². The van der Waals surface area contributed by atoms with Crippen LogP contribution in [0, 0.1) is 0 Å². The van der Waals surface area contributed by atoms with Crippen molar-refractivity contribution in [3.05, 3.63) is 30.0 Å². The van der Waals surface area contributed by atoms with Crippen LogP contribution in [0.4, 0.5) is 0 Å². The van der Waals surface area contributed by atoms with Gasteiger partial charge in [0.25, 0.3) is 0 Å². The minimum absolute atomic E-state index is 0.182. The molecule has 0 saturated carbocycles. The van der Waals surface area contributed by atoms with Crippen LogP contribution < -0.4 is 0 Å². The third kappa shape index (κ3) is 2.31. The zero-order valence-corrected chi connectivity index (χ0v) is 10.8. The number of benzene rings is 1. The normalized spacial score (nSPS) is 10.9. The highest BCUT2D eigenvalue weighted by Crippen LogP contribution is 2.31. The monoisotopic (exact) mass is 249 g/mol. The van der Waals surface area contributed by atoms with E-state index < -0.39 is 5.97 Å². The molecule has 0 aliphatic heterocycles. The van der Waals surface area contributed by atoms with Crippen molar-refractivity contribution >= 4 is 28.6 Å². The number of aryl methyl sites for hydroxylation is 2. The highest BCUT2D eigenvalue weighted by Gasteiger charge is 2.11. The van der Waals surface area contributed by atoms with Gasteiger partial charge in [-0.15, -0.1) is 11.8 Å². The maximum atomic E-state index is 10.7. The summed E-state index contributed by atoms with van der Waals surface area (Å²) >= 11 is 1.70. The standard InChI is InChI=1S/C13H15NO2S/c1-14-8-9(6-7-12(15)16)13-10(14)4-3-5-11(13)17-2/h3-5,8H,6-7H2,1-2H3,(H,15,16). The van der Waals surface area contributed by atoms with E-state index >= 15 is 0 Å². The molecule has 3 nitrogen and oxygen atoms in total. The second-order valence-electron chi connectivity index (χ2n) is 4.01. The number of aliphatic carboxylic acids is 1. The summed E-state index contributed by atoms with van der Waals surface area (Å²) in [7, 11) is 2.00. The van der Waals surface area contributed by atoms with E-state index in [1.54, 1.807) is 11.8 Å². The Bertz CT molecular complexity index is 560. The first-order valence-corrected chi connectivity index (χ1v) is 6.68. The van der Waals surface area contributed by atoms with Gasteiger partial charge < -0.3 is 9.67 Å². The van der Waals surface area contributed by atoms with E-state index in [1.165, 1.54) is 10.3 Å². The van der Waals surface area contributed by atoms with Crippen molar-refractivity contribution in [3.63, 3.8) is 0 Å². The minimum atomic E-state index is -0.747. The predicted molar refractivity (Wildman–Crippen MR) is 70.7 cm³/mol. The van der Waals surface area contributed by atoms with E-state index in [4.69, 9.17) is 5.11 Å². The second-order valence-corrected chi connectivity index (χ2v) is 4.86. The van der Waals surface area contributed by atoms with Gasteiger partial charge in [0.05, 0.1) is 0 Å². The largest absolute Gasteiger partial charge is 0.481 e. The number of nitrogens with zero attached hydrogens (tertiary/aromatic N) is 1. The van der Waals surface area contributed by atoms with Crippen LogP contribution in [0.5, 0.6) is 0 Å². The molecule has 2 rings (SSSR count). The number of hydrogen-bond acceptors (Lipinski definition) is 2. The third-order valence-electron chi connectivity index (χ3n) is 2.88. The van der Waals surface area contributed by atoms with Crippen molar-refractivity contribution in [2.75, 3.05) is 6.26 Å². The van der Waals surface area contributed by atoms with Gasteiger partial charge in [-0.05, 0) is 30.4 Å². The lowest BCUT2D eigenvalue weighted by Crippen LogP contribution is -1.97. The number of thioether (sulfide) groups is 1. The molecule has 1 N–H and O–H groups in total. The highest BCUT2D eigenvalue weighted by atomic mass is 32.2. The van der Waals surface area contributed by atoms with Gasteiger partial charge >= 0.3 is 5.97 Å². The summed E-state index contributed by atoms with van der Waals surface area (Å²) in [5.74, 6) is -0.747. The van der Waals surface area contributed by atoms with Crippen LogP contribution in [-0.4, -0.2) is 21.9 Å². The van der Waals surface area contributed by atoms with Crippen LogP contribution in [0.25, 0.3) is 10.9 Å². The van der Waals surface area contributed by atoms with Gasteiger partial charge in [-0.1, -0.05) is 6.07 Å². The molecule has 0 radical (unpaired) electrons. The van der Waals surface area contributed by atoms with Crippen LogP contribution in [0.3, 0.4) is 0 Å². The summed E-state index contributed by atoms with van der Waals surface area (Å²) in [4.78, 5) is 11.9. The molecule has 0 aliphatic carbocycles. The molecule has 4 heteroatoms. The Labute approximate surface area is 104 Å². The fourth-order valence-corrected chi connectivity index (χ4v) is 2.76. The molecule has 17 heavy (non-hydrogen) atoms. The SMILES string of the molecule is CSc1cccc2c1c(CCC(=O)O)cn2C. The molecule has 0 bridgehead atoms. The van der Waals surface area contributed by atoms with Gasteiger partial charge in [-0.3, -0.25) is 4.79 Å². The zero-order valence-electron chi connectivity index (χ0n) is 9.93. The Balaban J connectivity index is 2.51. The number of carboxylic acid groups (broad SMARTS) is 1. The Morgan fingerprint density at radius 1 is 1.47 bits per heavy atom. The minimum Gasteiger partial charge on any atom is -0.481 e. The average molecular weight is 249 g/mol. The highest BCUT2D eigenvalue weighted by molar-refractivity contribution is 7.98. The first-order chi connectivity index (χ1) is 8.13. The quantitative estimate of drug-likeness (QED) is 0.847. The molecule has 0 aliphatic rings. The third-order valence-corrected chi connectivity index (χ3v) is 3.66. The maximum Gasteiger partial charge on any atom is 0.303 e. The molecule has 0 atom stereocenters. The molecule has 1 aromatic carbocycles. The number of carbonyl (C=O) groups is 1. The molecule has 1 aromatic heterocycles.